The van der Waals surface area contributed by atoms with Gasteiger partial charge >= 0.3 is 12.1 Å². The second kappa shape index (κ2) is 14.0. The summed E-state index contributed by atoms with van der Waals surface area (Å²) in [6, 6.07) is 6.47. The number of benzene rings is 1. The summed E-state index contributed by atoms with van der Waals surface area (Å²) >= 11 is 6.11. The van der Waals surface area contributed by atoms with Crippen molar-refractivity contribution in [2.45, 2.75) is 108 Å². The molecular weight excluding hydrogens is 581 g/mol. The SMILES string of the molecule is O=C([C@@H](Cc1ccc(Cl)cc1)NC1CCC(NC(=O)C(F)(F)F)CC1)N1CCC(Cn2cncn2)(C2CCCCC2)CC1. The van der Waals surface area contributed by atoms with Crippen LogP contribution in [0.4, 0.5) is 13.2 Å². The third kappa shape index (κ3) is 8.29. The summed E-state index contributed by atoms with van der Waals surface area (Å²) in [5.41, 5.74) is 1.07. The number of piperidine rings is 1. The third-order valence-corrected chi connectivity index (χ3v) is 10.1. The highest BCUT2D eigenvalue weighted by atomic mass is 35.5. The quantitative estimate of drug-likeness (QED) is 0.396. The van der Waals surface area contributed by atoms with Crippen LogP contribution in [0.3, 0.4) is 0 Å². The van der Waals surface area contributed by atoms with Crippen molar-refractivity contribution in [3.05, 3.63) is 47.5 Å². The molecule has 43 heavy (non-hydrogen) atoms. The Bertz CT molecular complexity index is 1190. The number of carbonyl (C=O) groups excluding carboxylic acids is 2. The summed E-state index contributed by atoms with van der Waals surface area (Å²) in [6.45, 7) is 2.18. The fraction of sp³-hybridized carbons (Fsp3) is 0.677. The molecule has 236 valence electrons. The highest BCUT2D eigenvalue weighted by molar-refractivity contribution is 6.30. The van der Waals surface area contributed by atoms with E-state index >= 15 is 0 Å². The molecule has 1 aliphatic heterocycles. The fourth-order valence-corrected chi connectivity index (χ4v) is 7.60. The van der Waals surface area contributed by atoms with E-state index in [9.17, 15) is 22.8 Å². The van der Waals surface area contributed by atoms with Crippen molar-refractivity contribution < 1.29 is 22.8 Å². The van der Waals surface area contributed by atoms with Gasteiger partial charge in [-0.25, -0.2) is 4.98 Å². The molecule has 1 atom stereocenters. The Hall–Kier alpha value is -2.66. The smallest absolute Gasteiger partial charge is 0.346 e. The normalized spacial score (nSPS) is 24.0. The molecular formula is C31H42ClF3N6O2. The molecule has 0 bridgehead atoms. The van der Waals surface area contributed by atoms with Gasteiger partial charge in [-0.2, -0.15) is 18.3 Å². The van der Waals surface area contributed by atoms with Gasteiger partial charge in [-0.05, 0) is 86.8 Å². The van der Waals surface area contributed by atoms with Crippen molar-refractivity contribution in [1.82, 2.24) is 30.3 Å². The van der Waals surface area contributed by atoms with Gasteiger partial charge in [-0.15, -0.1) is 0 Å². The van der Waals surface area contributed by atoms with E-state index in [1.54, 1.807) is 12.7 Å². The number of aromatic nitrogens is 3. The third-order valence-electron chi connectivity index (χ3n) is 9.89. The highest BCUT2D eigenvalue weighted by Gasteiger charge is 2.44. The van der Waals surface area contributed by atoms with Crippen molar-refractivity contribution in [2.75, 3.05) is 13.1 Å². The topological polar surface area (TPSA) is 92.2 Å². The first kappa shape index (κ1) is 31.8. The number of amides is 2. The molecule has 0 unspecified atom stereocenters. The van der Waals surface area contributed by atoms with Crippen molar-refractivity contribution in [3.63, 3.8) is 0 Å². The second-order valence-corrected chi connectivity index (χ2v) is 13.1. The van der Waals surface area contributed by atoms with Gasteiger partial charge in [0, 0.05) is 36.7 Å². The van der Waals surface area contributed by atoms with Crippen LogP contribution >= 0.6 is 11.6 Å². The summed E-state index contributed by atoms with van der Waals surface area (Å²) in [6.07, 6.45) is 9.05. The van der Waals surface area contributed by atoms with Crippen molar-refractivity contribution >= 4 is 23.4 Å². The predicted octanol–water partition coefficient (Wildman–Crippen LogP) is 5.31. The Morgan fingerprint density at radius 2 is 1.63 bits per heavy atom. The van der Waals surface area contributed by atoms with Crippen LogP contribution in [0.2, 0.25) is 5.02 Å². The van der Waals surface area contributed by atoms with Crippen LogP contribution in [-0.2, 0) is 22.6 Å². The molecule has 8 nitrogen and oxygen atoms in total. The van der Waals surface area contributed by atoms with Crippen LogP contribution in [-0.4, -0.2) is 68.9 Å². The molecule has 2 aromatic rings. The largest absolute Gasteiger partial charge is 0.471 e. The minimum atomic E-state index is -4.89. The number of halogens is 4. The number of alkyl halides is 3. The van der Waals surface area contributed by atoms with Gasteiger partial charge in [0.15, 0.2) is 0 Å². The molecule has 2 amide bonds. The number of nitrogens with one attached hydrogen (secondary N) is 2. The molecule has 2 N–H and O–H groups in total. The maximum atomic E-state index is 14.1. The summed E-state index contributed by atoms with van der Waals surface area (Å²) in [7, 11) is 0. The number of carbonyl (C=O) groups is 2. The molecule has 1 aromatic heterocycles. The average molecular weight is 623 g/mol. The first-order chi connectivity index (χ1) is 20.6. The van der Waals surface area contributed by atoms with Crippen molar-refractivity contribution in [1.29, 1.82) is 0 Å². The molecule has 3 fully saturated rings. The average Bonchev–Trinajstić information content (AvgIpc) is 3.52. The number of likely N-dealkylation sites (tertiary alicyclic amines) is 1. The zero-order valence-electron chi connectivity index (χ0n) is 24.5. The van der Waals surface area contributed by atoms with E-state index in [1.165, 1.54) is 32.1 Å². The van der Waals surface area contributed by atoms with E-state index in [1.807, 2.05) is 33.8 Å². The standard InChI is InChI=1S/C31H42ClF3N6O2/c32-24-8-6-22(7-9-24)18-27(38-25-10-12-26(13-11-25)39-29(43)31(33,34)35)28(42)40-16-14-30(15-17-40,19-41-21-36-20-37-41)23-4-2-1-3-5-23/h6-9,20-21,23,25-27,38H,1-5,10-19H2,(H,39,43)/t25?,26?,27-/m1/s1. The van der Waals surface area contributed by atoms with Crippen LogP contribution < -0.4 is 10.6 Å². The Morgan fingerprint density at radius 1 is 0.977 bits per heavy atom. The van der Waals surface area contributed by atoms with E-state index in [4.69, 9.17) is 11.6 Å². The molecule has 5 rings (SSSR count). The molecule has 3 aliphatic rings. The lowest BCUT2D eigenvalue weighted by molar-refractivity contribution is -0.174. The first-order valence-electron chi connectivity index (χ1n) is 15.6. The monoisotopic (exact) mass is 622 g/mol. The summed E-state index contributed by atoms with van der Waals surface area (Å²) < 4.78 is 40.1. The number of hydrogen-bond acceptors (Lipinski definition) is 5. The van der Waals surface area contributed by atoms with Crippen molar-refractivity contribution in [2.24, 2.45) is 11.3 Å². The van der Waals surface area contributed by atoms with E-state index in [2.05, 4.69) is 20.7 Å². The minimum absolute atomic E-state index is 0.0290. The van der Waals surface area contributed by atoms with Crippen LogP contribution in [0.25, 0.3) is 0 Å². The highest BCUT2D eigenvalue weighted by Crippen LogP contribution is 2.47. The number of rotatable bonds is 9. The molecule has 2 heterocycles. The summed E-state index contributed by atoms with van der Waals surface area (Å²) in [5.74, 6) is -1.22. The molecule has 2 aliphatic carbocycles. The Labute approximate surface area is 256 Å². The molecule has 1 aromatic carbocycles. The van der Waals surface area contributed by atoms with Gasteiger partial charge in [-0.3, -0.25) is 14.3 Å². The van der Waals surface area contributed by atoms with E-state index < -0.39 is 24.2 Å². The fourth-order valence-electron chi connectivity index (χ4n) is 7.47. The van der Waals surface area contributed by atoms with Gasteiger partial charge in [0.2, 0.25) is 5.91 Å². The number of hydrogen-bond donors (Lipinski definition) is 2. The second-order valence-electron chi connectivity index (χ2n) is 12.7. The molecule has 2 saturated carbocycles. The number of nitrogens with zero attached hydrogens (tertiary/aromatic N) is 4. The zero-order valence-corrected chi connectivity index (χ0v) is 25.3. The lowest BCUT2D eigenvalue weighted by Crippen LogP contribution is -2.56. The van der Waals surface area contributed by atoms with Crippen LogP contribution in [0.5, 0.6) is 0 Å². The van der Waals surface area contributed by atoms with E-state index in [-0.39, 0.29) is 17.4 Å². The van der Waals surface area contributed by atoms with Gasteiger partial charge in [-0.1, -0.05) is 43.0 Å². The maximum Gasteiger partial charge on any atom is 0.471 e. The summed E-state index contributed by atoms with van der Waals surface area (Å²) in [4.78, 5) is 31.6. The Morgan fingerprint density at radius 3 is 2.23 bits per heavy atom. The molecule has 1 saturated heterocycles. The molecule has 0 radical (unpaired) electrons. The minimum Gasteiger partial charge on any atom is -0.346 e. The maximum absolute atomic E-state index is 14.1. The molecule has 0 spiro atoms. The van der Waals surface area contributed by atoms with Gasteiger partial charge in [0.25, 0.3) is 0 Å². The van der Waals surface area contributed by atoms with Crippen LogP contribution in [0.15, 0.2) is 36.9 Å². The van der Waals surface area contributed by atoms with Crippen molar-refractivity contribution in [3.8, 4) is 0 Å². The Balaban J connectivity index is 1.24. The lowest BCUT2D eigenvalue weighted by atomic mass is 9.63. The molecule has 12 heteroatoms. The predicted molar refractivity (Wildman–Crippen MR) is 157 cm³/mol. The zero-order chi connectivity index (χ0) is 30.5. The van der Waals surface area contributed by atoms with Crippen LogP contribution in [0, 0.1) is 11.3 Å². The first-order valence-corrected chi connectivity index (χ1v) is 16.0. The van der Waals surface area contributed by atoms with E-state index in [0.29, 0.717) is 56.1 Å². The lowest BCUT2D eigenvalue weighted by Gasteiger charge is -2.48. The van der Waals surface area contributed by atoms with Gasteiger partial charge in [0.1, 0.15) is 12.7 Å². The van der Waals surface area contributed by atoms with Gasteiger partial charge in [0.05, 0.1) is 6.04 Å². The Kier molecular flexibility index (Phi) is 10.3. The summed E-state index contributed by atoms with van der Waals surface area (Å²) in [5, 5.41) is 10.7. The van der Waals surface area contributed by atoms with Gasteiger partial charge < -0.3 is 15.5 Å². The van der Waals surface area contributed by atoms with E-state index in [0.717, 1.165) is 24.9 Å². The van der Waals surface area contributed by atoms with Crippen LogP contribution in [0.1, 0.15) is 76.2 Å².